The summed E-state index contributed by atoms with van der Waals surface area (Å²) >= 11 is 0. The maximum absolute atomic E-state index is 12.0. The van der Waals surface area contributed by atoms with Crippen molar-refractivity contribution in [3.63, 3.8) is 0 Å². The van der Waals surface area contributed by atoms with Crippen molar-refractivity contribution < 1.29 is 8.42 Å². The van der Waals surface area contributed by atoms with E-state index < -0.39 is 10.0 Å². The van der Waals surface area contributed by atoms with Crippen LogP contribution in [0.15, 0.2) is 11.2 Å². The first-order valence-electron chi connectivity index (χ1n) is 5.11. The molecule has 2 N–H and O–H groups in total. The van der Waals surface area contributed by atoms with Gasteiger partial charge in [0.25, 0.3) is 10.0 Å². The van der Waals surface area contributed by atoms with E-state index in [0.29, 0.717) is 12.4 Å². The second kappa shape index (κ2) is 5.42. The molecule has 1 aromatic heterocycles. The van der Waals surface area contributed by atoms with Crippen molar-refractivity contribution in [3.05, 3.63) is 12.0 Å². The van der Waals surface area contributed by atoms with Crippen molar-refractivity contribution in [3.8, 4) is 0 Å². The molecule has 7 heteroatoms. The van der Waals surface area contributed by atoms with Crippen LogP contribution in [0.5, 0.6) is 0 Å². The smallest absolute Gasteiger partial charge is 0.259 e. The largest absolute Gasteiger partial charge is 0.332 e. The maximum atomic E-state index is 12.0. The molecule has 0 aromatic carbocycles. The van der Waals surface area contributed by atoms with E-state index in [1.165, 1.54) is 10.5 Å². The molecule has 0 amide bonds. The van der Waals surface area contributed by atoms with Gasteiger partial charge in [0.2, 0.25) is 0 Å². The van der Waals surface area contributed by atoms with Gasteiger partial charge in [0.15, 0.2) is 5.03 Å². The lowest BCUT2D eigenvalue weighted by Crippen LogP contribution is -2.29. The fourth-order valence-corrected chi connectivity index (χ4v) is 2.46. The Morgan fingerprint density at radius 1 is 1.56 bits per heavy atom. The summed E-state index contributed by atoms with van der Waals surface area (Å²) in [7, 11) is -0.000478. The molecule has 0 spiro atoms. The summed E-state index contributed by atoms with van der Waals surface area (Å²) < 4.78 is 25.3. The number of imidazole rings is 1. The number of H-pyrrole nitrogens is 1. The van der Waals surface area contributed by atoms with Gasteiger partial charge in [0, 0.05) is 13.6 Å². The highest BCUT2D eigenvalue weighted by Crippen LogP contribution is 2.11. The number of hydrogen-bond acceptors (Lipinski definition) is 4. The molecule has 0 bridgehead atoms. The first kappa shape index (κ1) is 13.1. The maximum Gasteiger partial charge on any atom is 0.259 e. The van der Waals surface area contributed by atoms with Gasteiger partial charge in [-0.15, -0.1) is 0 Å². The Hall–Kier alpha value is -0.920. The third kappa shape index (κ3) is 3.03. The van der Waals surface area contributed by atoms with Crippen molar-refractivity contribution >= 4 is 10.0 Å². The van der Waals surface area contributed by atoms with Crippen molar-refractivity contribution in [1.82, 2.24) is 19.6 Å². The normalized spacial score (nSPS) is 12.2. The van der Waals surface area contributed by atoms with Crippen molar-refractivity contribution in [1.29, 1.82) is 0 Å². The number of aromatic amines is 1. The Bertz CT molecular complexity index is 426. The third-order valence-corrected chi connectivity index (χ3v) is 4.03. The molecule has 1 rings (SSSR count). The number of nitrogens with zero attached hydrogens (tertiary/aromatic N) is 2. The van der Waals surface area contributed by atoms with Crippen LogP contribution in [0.25, 0.3) is 0 Å². The number of nitrogens with one attached hydrogen (secondary N) is 2. The van der Waals surface area contributed by atoms with Gasteiger partial charge in [-0.3, -0.25) is 0 Å². The molecule has 0 aliphatic rings. The number of aryl methyl sites for hydroxylation is 1. The van der Waals surface area contributed by atoms with Crippen molar-refractivity contribution in [2.75, 3.05) is 27.2 Å². The Kier molecular flexibility index (Phi) is 4.45. The van der Waals surface area contributed by atoms with Gasteiger partial charge in [-0.1, -0.05) is 0 Å². The van der Waals surface area contributed by atoms with Crippen LogP contribution in [0.3, 0.4) is 0 Å². The molecular formula is C9H18N4O2S. The number of sulfonamides is 1. The van der Waals surface area contributed by atoms with E-state index in [0.717, 1.165) is 13.0 Å². The monoisotopic (exact) mass is 246 g/mol. The van der Waals surface area contributed by atoms with Crippen LogP contribution >= 0.6 is 0 Å². The highest BCUT2D eigenvalue weighted by Gasteiger charge is 2.21. The van der Waals surface area contributed by atoms with Gasteiger partial charge < -0.3 is 10.3 Å². The average molecular weight is 246 g/mol. The molecule has 92 valence electrons. The SMILES string of the molecule is CNCCCN(C)S(=O)(=O)c1cnc(C)[nH]1. The van der Waals surface area contributed by atoms with Crippen molar-refractivity contribution in [2.45, 2.75) is 18.4 Å². The summed E-state index contributed by atoms with van der Waals surface area (Å²) in [4.78, 5) is 6.62. The summed E-state index contributed by atoms with van der Waals surface area (Å²) in [6, 6.07) is 0. The minimum atomic E-state index is -3.41. The zero-order valence-electron chi connectivity index (χ0n) is 9.82. The predicted molar refractivity (Wildman–Crippen MR) is 61.7 cm³/mol. The molecule has 1 aromatic rings. The van der Waals surface area contributed by atoms with E-state index >= 15 is 0 Å². The minimum Gasteiger partial charge on any atom is -0.332 e. The average Bonchev–Trinajstić information content (AvgIpc) is 2.65. The lowest BCUT2D eigenvalue weighted by Gasteiger charge is -2.15. The molecule has 0 saturated carbocycles. The number of hydrogen-bond donors (Lipinski definition) is 2. The fraction of sp³-hybridized carbons (Fsp3) is 0.667. The molecule has 0 aliphatic carbocycles. The summed E-state index contributed by atoms with van der Waals surface area (Å²) in [5.74, 6) is 0.599. The third-order valence-electron chi connectivity index (χ3n) is 2.27. The molecule has 0 fully saturated rings. The molecule has 0 aliphatic heterocycles. The Labute approximate surface area is 96.1 Å². The number of aromatic nitrogens is 2. The van der Waals surface area contributed by atoms with E-state index in [-0.39, 0.29) is 5.03 Å². The lowest BCUT2D eigenvalue weighted by molar-refractivity contribution is 0.456. The molecular weight excluding hydrogens is 228 g/mol. The molecule has 6 nitrogen and oxygen atoms in total. The van der Waals surface area contributed by atoms with Crippen LogP contribution in [0.2, 0.25) is 0 Å². The van der Waals surface area contributed by atoms with Gasteiger partial charge in [-0.25, -0.2) is 13.4 Å². The van der Waals surface area contributed by atoms with Gasteiger partial charge in [0.05, 0.1) is 6.20 Å². The van der Waals surface area contributed by atoms with Gasteiger partial charge >= 0.3 is 0 Å². The second-order valence-electron chi connectivity index (χ2n) is 3.62. The highest BCUT2D eigenvalue weighted by atomic mass is 32.2. The number of rotatable bonds is 6. The molecule has 0 atom stereocenters. The van der Waals surface area contributed by atoms with Gasteiger partial charge in [-0.05, 0) is 26.9 Å². The lowest BCUT2D eigenvalue weighted by atomic mass is 10.4. The minimum absolute atomic E-state index is 0.150. The Morgan fingerprint density at radius 3 is 2.75 bits per heavy atom. The summed E-state index contributed by atoms with van der Waals surface area (Å²) in [5, 5.41) is 3.13. The summed E-state index contributed by atoms with van der Waals surface area (Å²) in [5.41, 5.74) is 0. The summed E-state index contributed by atoms with van der Waals surface area (Å²) in [6.45, 7) is 3.00. The van der Waals surface area contributed by atoms with Crippen molar-refractivity contribution in [2.24, 2.45) is 0 Å². The molecule has 0 unspecified atom stereocenters. The van der Waals surface area contributed by atoms with Crippen LogP contribution < -0.4 is 5.32 Å². The van der Waals surface area contributed by atoms with E-state index in [1.807, 2.05) is 7.05 Å². The topological polar surface area (TPSA) is 78.1 Å². The van der Waals surface area contributed by atoms with Gasteiger partial charge in [0.1, 0.15) is 5.82 Å². The van der Waals surface area contributed by atoms with Crippen LogP contribution in [0, 0.1) is 6.92 Å². The molecule has 0 radical (unpaired) electrons. The van der Waals surface area contributed by atoms with E-state index in [4.69, 9.17) is 0 Å². The zero-order chi connectivity index (χ0) is 12.2. The predicted octanol–water partition coefficient (Wildman–Crippen LogP) is -0.0519. The van der Waals surface area contributed by atoms with Crippen LogP contribution in [-0.2, 0) is 10.0 Å². The second-order valence-corrected chi connectivity index (χ2v) is 5.63. The zero-order valence-corrected chi connectivity index (χ0v) is 10.6. The van der Waals surface area contributed by atoms with E-state index in [9.17, 15) is 8.42 Å². The first-order valence-corrected chi connectivity index (χ1v) is 6.55. The van der Waals surface area contributed by atoms with Gasteiger partial charge in [-0.2, -0.15) is 4.31 Å². The van der Waals surface area contributed by atoms with Crippen LogP contribution in [0.1, 0.15) is 12.2 Å². The fourth-order valence-electron chi connectivity index (χ4n) is 1.30. The van der Waals surface area contributed by atoms with Crippen LogP contribution in [0.4, 0.5) is 0 Å². The highest BCUT2D eigenvalue weighted by molar-refractivity contribution is 7.89. The Balaban J connectivity index is 2.70. The first-order chi connectivity index (χ1) is 7.48. The molecule has 0 saturated heterocycles. The van der Waals surface area contributed by atoms with E-state index in [1.54, 1.807) is 14.0 Å². The summed E-state index contributed by atoms with van der Waals surface area (Å²) in [6.07, 6.45) is 2.12. The molecule has 16 heavy (non-hydrogen) atoms. The quantitative estimate of drug-likeness (QED) is 0.690. The molecule has 1 heterocycles. The standard InChI is InChI=1S/C9H18N4O2S/c1-8-11-7-9(12-8)16(14,15)13(3)6-4-5-10-2/h7,10H,4-6H2,1-3H3,(H,11,12). The van der Waals surface area contributed by atoms with E-state index in [2.05, 4.69) is 15.3 Å². The van der Waals surface area contributed by atoms with Crippen LogP contribution in [-0.4, -0.2) is 49.9 Å². The Morgan fingerprint density at radius 2 is 2.25 bits per heavy atom.